The fourth-order valence-electron chi connectivity index (χ4n) is 2.71. The van der Waals surface area contributed by atoms with Crippen molar-refractivity contribution in [3.05, 3.63) is 69.8 Å². The first-order chi connectivity index (χ1) is 12.3. The van der Waals surface area contributed by atoms with Crippen LogP contribution in [0.5, 0.6) is 0 Å². The highest BCUT2D eigenvalue weighted by molar-refractivity contribution is 6.10. The molecule has 0 aliphatic heterocycles. The summed E-state index contributed by atoms with van der Waals surface area (Å²) in [6, 6.07) is 12.3. The van der Waals surface area contributed by atoms with Gasteiger partial charge in [-0.3, -0.25) is 4.79 Å². The van der Waals surface area contributed by atoms with E-state index in [1.165, 1.54) is 13.2 Å². The largest absolute Gasteiger partial charge is 0.465 e. The van der Waals surface area contributed by atoms with Crippen LogP contribution in [0.25, 0.3) is 6.08 Å². The number of benzene rings is 2. The smallest absolute Gasteiger partial charge is 0.337 e. The zero-order valence-corrected chi connectivity index (χ0v) is 15.2. The fourth-order valence-corrected chi connectivity index (χ4v) is 2.71. The number of ether oxygens (including phenoxy) is 1. The average Bonchev–Trinajstić information content (AvgIpc) is 2.62. The lowest BCUT2D eigenvalue weighted by Crippen LogP contribution is -2.15. The van der Waals surface area contributed by atoms with Crippen LogP contribution in [0.2, 0.25) is 0 Å². The maximum Gasteiger partial charge on any atom is 0.337 e. The molecule has 0 fully saturated rings. The molecule has 5 nitrogen and oxygen atoms in total. The molecule has 2 aromatic carbocycles. The summed E-state index contributed by atoms with van der Waals surface area (Å²) in [6.45, 7) is 5.82. The quantitative estimate of drug-likeness (QED) is 0.515. The van der Waals surface area contributed by atoms with Crippen LogP contribution in [-0.4, -0.2) is 19.0 Å². The lowest BCUT2D eigenvalue weighted by atomic mass is 10.0. The van der Waals surface area contributed by atoms with Crippen LogP contribution >= 0.6 is 0 Å². The molecule has 0 spiro atoms. The van der Waals surface area contributed by atoms with Gasteiger partial charge >= 0.3 is 5.97 Å². The summed E-state index contributed by atoms with van der Waals surface area (Å²) in [4.78, 5) is 23.9. The number of esters is 1. The molecular formula is C21H20N2O3. The topological polar surface area (TPSA) is 79.2 Å². The Kier molecular flexibility index (Phi) is 5.92. The number of aryl methyl sites for hydroxylation is 3. The number of nitrogens with one attached hydrogen (secondary N) is 1. The van der Waals surface area contributed by atoms with Gasteiger partial charge in [-0.15, -0.1) is 0 Å². The highest BCUT2D eigenvalue weighted by atomic mass is 16.5. The molecule has 0 aliphatic carbocycles. The molecule has 5 heteroatoms. The molecule has 0 atom stereocenters. The summed E-state index contributed by atoms with van der Waals surface area (Å²) in [6.07, 6.45) is 1.48. The zero-order chi connectivity index (χ0) is 19.3. The highest BCUT2D eigenvalue weighted by Crippen LogP contribution is 2.22. The Hall–Kier alpha value is -3.39. The summed E-state index contributed by atoms with van der Waals surface area (Å²) < 4.78 is 4.64. The molecule has 1 amide bonds. The van der Waals surface area contributed by atoms with Gasteiger partial charge in [0.15, 0.2) is 0 Å². The van der Waals surface area contributed by atoms with E-state index in [-0.39, 0.29) is 5.57 Å². The first kappa shape index (κ1) is 18.9. The number of methoxy groups -OCH3 is 1. The van der Waals surface area contributed by atoms with E-state index in [2.05, 4.69) is 10.1 Å². The highest BCUT2D eigenvalue weighted by Gasteiger charge is 2.13. The normalized spacial score (nSPS) is 10.8. The van der Waals surface area contributed by atoms with E-state index in [1.54, 1.807) is 24.3 Å². The third-order valence-corrected chi connectivity index (χ3v) is 3.92. The van der Waals surface area contributed by atoms with Crippen molar-refractivity contribution >= 4 is 23.6 Å². The van der Waals surface area contributed by atoms with Crippen molar-refractivity contribution in [2.75, 3.05) is 12.4 Å². The van der Waals surface area contributed by atoms with E-state index in [4.69, 9.17) is 0 Å². The summed E-state index contributed by atoms with van der Waals surface area (Å²) in [5.74, 6) is -0.913. The van der Waals surface area contributed by atoms with Gasteiger partial charge in [0.05, 0.1) is 12.7 Å². The van der Waals surface area contributed by atoms with Crippen LogP contribution in [0.15, 0.2) is 42.0 Å². The average molecular weight is 348 g/mol. The molecule has 0 unspecified atom stereocenters. The zero-order valence-electron chi connectivity index (χ0n) is 15.2. The lowest BCUT2D eigenvalue weighted by Gasteiger charge is -2.12. The molecule has 0 heterocycles. The molecule has 0 aliphatic rings. The number of anilines is 1. The summed E-state index contributed by atoms with van der Waals surface area (Å²) >= 11 is 0. The molecular weight excluding hydrogens is 328 g/mol. The lowest BCUT2D eigenvalue weighted by molar-refractivity contribution is -0.112. The molecule has 0 saturated carbocycles. The van der Waals surface area contributed by atoms with E-state index < -0.39 is 11.9 Å². The molecule has 26 heavy (non-hydrogen) atoms. The van der Waals surface area contributed by atoms with Crippen LogP contribution in [0, 0.1) is 32.1 Å². The van der Waals surface area contributed by atoms with Crippen LogP contribution in [-0.2, 0) is 9.53 Å². The van der Waals surface area contributed by atoms with Gasteiger partial charge in [0.1, 0.15) is 11.6 Å². The van der Waals surface area contributed by atoms with Crippen LogP contribution < -0.4 is 5.32 Å². The predicted molar refractivity (Wildman–Crippen MR) is 101 cm³/mol. The number of rotatable bonds is 4. The summed E-state index contributed by atoms with van der Waals surface area (Å²) in [7, 11) is 1.31. The predicted octanol–water partition coefficient (Wildman–Crippen LogP) is 3.94. The summed E-state index contributed by atoms with van der Waals surface area (Å²) in [5.41, 5.74) is 4.73. The number of amides is 1. The number of hydrogen-bond acceptors (Lipinski definition) is 4. The molecule has 2 aromatic rings. The Morgan fingerprint density at radius 3 is 2.15 bits per heavy atom. The first-order valence-corrected chi connectivity index (χ1v) is 8.05. The maximum atomic E-state index is 12.5. The Labute approximate surface area is 152 Å². The summed E-state index contributed by atoms with van der Waals surface area (Å²) in [5, 5.41) is 12.2. The monoisotopic (exact) mass is 348 g/mol. The Balaban J connectivity index is 2.25. The van der Waals surface area contributed by atoms with Crippen molar-refractivity contribution < 1.29 is 14.3 Å². The van der Waals surface area contributed by atoms with E-state index in [1.807, 2.05) is 39.0 Å². The minimum absolute atomic E-state index is 0.0183. The van der Waals surface area contributed by atoms with E-state index in [0.717, 1.165) is 16.7 Å². The number of nitrogens with zero attached hydrogens (tertiary/aromatic N) is 1. The fraction of sp³-hybridized carbons (Fsp3) is 0.190. The molecule has 1 N–H and O–H groups in total. The van der Waals surface area contributed by atoms with Gasteiger partial charge in [0.2, 0.25) is 0 Å². The first-order valence-electron chi connectivity index (χ1n) is 8.05. The second kappa shape index (κ2) is 8.13. The Bertz CT molecular complexity index is 896. The number of carbonyl (C=O) groups is 2. The number of carbonyl (C=O) groups excluding carboxylic acids is 2. The number of hydrogen-bond donors (Lipinski definition) is 1. The van der Waals surface area contributed by atoms with Gasteiger partial charge in [0.25, 0.3) is 5.91 Å². The Morgan fingerprint density at radius 2 is 1.65 bits per heavy atom. The van der Waals surface area contributed by atoms with Gasteiger partial charge in [-0.1, -0.05) is 29.8 Å². The van der Waals surface area contributed by atoms with Crippen LogP contribution in [0.1, 0.15) is 32.6 Å². The minimum Gasteiger partial charge on any atom is -0.465 e. The van der Waals surface area contributed by atoms with Crippen molar-refractivity contribution in [3.8, 4) is 6.07 Å². The van der Waals surface area contributed by atoms with E-state index in [0.29, 0.717) is 16.8 Å². The van der Waals surface area contributed by atoms with Gasteiger partial charge in [-0.25, -0.2) is 4.79 Å². The maximum absolute atomic E-state index is 12.5. The molecule has 0 aromatic heterocycles. The third kappa shape index (κ3) is 4.37. The van der Waals surface area contributed by atoms with Gasteiger partial charge in [-0.05, 0) is 55.7 Å². The van der Waals surface area contributed by atoms with Crippen molar-refractivity contribution in [1.29, 1.82) is 5.26 Å². The molecule has 0 bridgehead atoms. The van der Waals surface area contributed by atoms with Crippen molar-refractivity contribution in [2.45, 2.75) is 20.8 Å². The van der Waals surface area contributed by atoms with Crippen molar-refractivity contribution in [1.82, 2.24) is 0 Å². The third-order valence-electron chi connectivity index (χ3n) is 3.92. The SMILES string of the molecule is COC(=O)c1ccc(/C=C(\C#N)C(=O)Nc2c(C)cc(C)cc2C)cc1. The van der Waals surface area contributed by atoms with Crippen molar-refractivity contribution in [3.63, 3.8) is 0 Å². The second-order valence-electron chi connectivity index (χ2n) is 6.01. The van der Waals surface area contributed by atoms with Gasteiger partial charge in [-0.2, -0.15) is 5.26 Å². The molecule has 2 rings (SSSR count). The molecule has 0 radical (unpaired) electrons. The minimum atomic E-state index is -0.473. The molecule has 0 saturated heterocycles. The van der Waals surface area contributed by atoms with E-state index >= 15 is 0 Å². The van der Waals surface area contributed by atoms with Gasteiger partial charge in [0, 0.05) is 5.69 Å². The molecule has 132 valence electrons. The second-order valence-corrected chi connectivity index (χ2v) is 6.01. The standard InChI is InChI=1S/C21H20N2O3/c1-13-9-14(2)19(15(3)10-13)23-20(24)18(12-22)11-16-5-7-17(8-6-16)21(25)26-4/h5-11H,1-4H3,(H,23,24)/b18-11+. The van der Waals surface area contributed by atoms with Crippen molar-refractivity contribution in [2.24, 2.45) is 0 Å². The van der Waals surface area contributed by atoms with Gasteiger partial charge < -0.3 is 10.1 Å². The number of nitriles is 1. The Morgan fingerprint density at radius 1 is 1.08 bits per heavy atom. The van der Waals surface area contributed by atoms with Crippen LogP contribution in [0.3, 0.4) is 0 Å². The van der Waals surface area contributed by atoms with Crippen LogP contribution in [0.4, 0.5) is 5.69 Å². The van der Waals surface area contributed by atoms with E-state index in [9.17, 15) is 14.9 Å².